The van der Waals surface area contributed by atoms with Crippen LogP contribution in [-0.4, -0.2) is 35.7 Å². The quantitative estimate of drug-likeness (QED) is 0.712. The second kappa shape index (κ2) is 7.51. The van der Waals surface area contributed by atoms with Gasteiger partial charge in [-0.25, -0.2) is 13.2 Å². The third kappa shape index (κ3) is 3.53. The average Bonchev–Trinajstić information content (AvgIpc) is 2.62. The predicted molar refractivity (Wildman–Crippen MR) is 96.4 cm³/mol. The van der Waals surface area contributed by atoms with Crippen molar-refractivity contribution in [3.63, 3.8) is 0 Å². The maximum Gasteiger partial charge on any atom is 0.340 e. The van der Waals surface area contributed by atoms with Gasteiger partial charge in [0.15, 0.2) is 0 Å². The van der Waals surface area contributed by atoms with Crippen LogP contribution in [-0.2, 0) is 14.8 Å². The standard InChI is InChI=1S/C16H15Cl2NO5S/c1-19(11-7-5-4-6-10(11)16(20)24-3)25(21,22)13-9-8-12(23-2)14(17)15(13)18/h4-9H,1-3H3. The third-order valence-electron chi connectivity index (χ3n) is 3.52. The highest BCUT2D eigenvalue weighted by atomic mass is 35.5. The lowest BCUT2D eigenvalue weighted by atomic mass is 10.2. The number of rotatable bonds is 5. The van der Waals surface area contributed by atoms with Crippen LogP contribution in [0.25, 0.3) is 0 Å². The van der Waals surface area contributed by atoms with Crippen molar-refractivity contribution in [3.05, 3.63) is 52.0 Å². The largest absolute Gasteiger partial charge is 0.495 e. The maximum atomic E-state index is 13.0. The van der Waals surface area contributed by atoms with Gasteiger partial charge in [-0.05, 0) is 24.3 Å². The lowest BCUT2D eigenvalue weighted by molar-refractivity contribution is 0.0601. The molecule has 0 aliphatic carbocycles. The van der Waals surface area contributed by atoms with E-state index in [9.17, 15) is 13.2 Å². The van der Waals surface area contributed by atoms with E-state index in [2.05, 4.69) is 0 Å². The fourth-order valence-corrected chi connectivity index (χ4v) is 4.21. The Bertz CT molecular complexity index is 915. The molecule has 134 valence electrons. The number of ether oxygens (including phenoxy) is 2. The zero-order valence-corrected chi connectivity index (χ0v) is 15.9. The molecule has 2 aromatic carbocycles. The van der Waals surface area contributed by atoms with Crippen molar-refractivity contribution in [1.82, 2.24) is 0 Å². The van der Waals surface area contributed by atoms with Crippen molar-refractivity contribution in [1.29, 1.82) is 0 Å². The summed E-state index contributed by atoms with van der Waals surface area (Å²) in [6.07, 6.45) is 0. The summed E-state index contributed by atoms with van der Waals surface area (Å²) < 4.78 is 36.6. The Kier molecular flexibility index (Phi) is 5.82. The molecule has 0 aromatic heterocycles. The van der Waals surface area contributed by atoms with E-state index < -0.39 is 16.0 Å². The molecule has 0 amide bonds. The molecule has 0 spiro atoms. The third-order valence-corrected chi connectivity index (χ3v) is 6.31. The highest BCUT2D eigenvalue weighted by molar-refractivity contribution is 7.93. The maximum absolute atomic E-state index is 13.0. The summed E-state index contributed by atoms with van der Waals surface area (Å²) in [5, 5.41) is -0.177. The molecule has 0 saturated carbocycles. The molecule has 25 heavy (non-hydrogen) atoms. The zero-order valence-electron chi connectivity index (χ0n) is 13.6. The molecule has 2 aromatic rings. The van der Waals surface area contributed by atoms with E-state index >= 15 is 0 Å². The van der Waals surface area contributed by atoms with Gasteiger partial charge >= 0.3 is 5.97 Å². The van der Waals surface area contributed by atoms with Gasteiger partial charge in [-0.15, -0.1) is 0 Å². The number of halogens is 2. The van der Waals surface area contributed by atoms with Crippen LogP contribution in [0.15, 0.2) is 41.3 Å². The minimum Gasteiger partial charge on any atom is -0.495 e. The molecule has 0 fully saturated rings. The Morgan fingerprint density at radius 1 is 1.04 bits per heavy atom. The van der Waals surface area contributed by atoms with Gasteiger partial charge in [0.1, 0.15) is 15.7 Å². The lowest BCUT2D eigenvalue weighted by Crippen LogP contribution is -2.28. The van der Waals surface area contributed by atoms with Gasteiger partial charge in [0.05, 0.1) is 30.5 Å². The number of nitrogens with zero attached hydrogens (tertiary/aromatic N) is 1. The smallest absolute Gasteiger partial charge is 0.340 e. The number of hydrogen-bond donors (Lipinski definition) is 0. The van der Waals surface area contributed by atoms with Gasteiger partial charge in [0.25, 0.3) is 10.0 Å². The molecule has 0 aliphatic rings. The molecule has 0 unspecified atom stereocenters. The van der Waals surface area contributed by atoms with Crippen LogP contribution in [0.1, 0.15) is 10.4 Å². The summed E-state index contributed by atoms with van der Waals surface area (Å²) in [4.78, 5) is 11.7. The average molecular weight is 404 g/mol. The fourth-order valence-electron chi connectivity index (χ4n) is 2.18. The Labute approximate surface area is 155 Å². The van der Waals surface area contributed by atoms with Crippen LogP contribution in [0.4, 0.5) is 5.69 Å². The molecule has 0 atom stereocenters. The second-order valence-electron chi connectivity index (χ2n) is 4.88. The molecular weight excluding hydrogens is 389 g/mol. The van der Waals surface area contributed by atoms with E-state index in [0.717, 1.165) is 4.31 Å². The first-order chi connectivity index (χ1) is 11.8. The highest BCUT2D eigenvalue weighted by Crippen LogP contribution is 2.38. The van der Waals surface area contributed by atoms with Crippen LogP contribution < -0.4 is 9.04 Å². The monoisotopic (exact) mass is 403 g/mol. The van der Waals surface area contributed by atoms with E-state index in [4.69, 9.17) is 32.7 Å². The second-order valence-corrected chi connectivity index (χ2v) is 7.57. The Balaban J connectivity index is 2.59. The number of anilines is 1. The summed E-state index contributed by atoms with van der Waals surface area (Å²) in [6.45, 7) is 0. The van der Waals surface area contributed by atoms with Gasteiger partial charge in [0.2, 0.25) is 0 Å². The topological polar surface area (TPSA) is 72.9 Å². The molecule has 0 N–H and O–H groups in total. The molecule has 0 heterocycles. The zero-order chi connectivity index (χ0) is 18.8. The lowest BCUT2D eigenvalue weighted by Gasteiger charge is -2.22. The number of carbonyl (C=O) groups excluding carboxylic acids is 1. The molecule has 0 radical (unpaired) electrons. The van der Waals surface area contributed by atoms with Crippen molar-refractivity contribution >= 4 is 44.9 Å². The van der Waals surface area contributed by atoms with Crippen LogP contribution >= 0.6 is 23.2 Å². The number of methoxy groups -OCH3 is 2. The Morgan fingerprint density at radius 2 is 1.68 bits per heavy atom. The number of carbonyl (C=O) groups is 1. The van der Waals surface area contributed by atoms with E-state index in [0.29, 0.717) is 0 Å². The van der Waals surface area contributed by atoms with Crippen molar-refractivity contribution in [2.45, 2.75) is 4.90 Å². The molecule has 2 rings (SSSR count). The van der Waals surface area contributed by atoms with Crippen LogP contribution in [0.3, 0.4) is 0 Å². The number of esters is 1. The Morgan fingerprint density at radius 3 is 2.28 bits per heavy atom. The van der Waals surface area contributed by atoms with Crippen molar-refractivity contribution in [3.8, 4) is 5.75 Å². The normalized spacial score (nSPS) is 11.1. The molecule has 9 heteroatoms. The fraction of sp³-hybridized carbons (Fsp3) is 0.188. The molecule has 0 aliphatic heterocycles. The first kappa shape index (κ1) is 19.4. The van der Waals surface area contributed by atoms with E-state index in [-0.39, 0.29) is 31.9 Å². The van der Waals surface area contributed by atoms with Crippen molar-refractivity contribution < 1.29 is 22.7 Å². The summed E-state index contributed by atoms with van der Waals surface area (Å²) in [5.74, 6) is -0.403. The first-order valence-corrected chi connectivity index (χ1v) is 9.13. The van der Waals surface area contributed by atoms with Crippen LogP contribution in [0.5, 0.6) is 5.75 Å². The first-order valence-electron chi connectivity index (χ1n) is 6.94. The summed E-state index contributed by atoms with van der Waals surface area (Å²) >= 11 is 12.2. The minimum atomic E-state index is -4.08. The van der Waals surface area contributed by atoms with Gasteiger partial charge in [-0.3, -0.25) is 4.31 Å². The number of para-hydroxylation sites is 1. The van der Waals surface area contributed by atoms with Gasteiger partial charge in [0, 0.05) is 7.05 Å². The van der Waals surface area contributed by atoms with Gasteiger partial charge in [-0.2, -0.15) is 0 Å². The van der Waals surface area contributed by atoms with E-state index in [1.54, 1.807) is 12.1 Å². The minimum absolute atomic E-state index is 0.0140. The van der Waals surface area contributed by atoms with Crippen molar-refractivity contribution in [2.24, 2.45) is 0 Å². The summed E-state index contributed by atoms with van der Waals surface area (Å²) in [6, 6.07) is 8.86. The summed E-state index contributed by atoms with van der Waals surface area (Å²) in [7, 11) is -0.160. The number of sulfonamides is 1. The highest BCUT2D eigenvalue weighted by Gasteiger charge is 2.29. The number of benzene rings is 2. The van der Waals surface area contributed by atoms with Gasteiger partial charge in [-0.1, -0.05) is 35.3 Å². The van der Waals surface area contributed by atoms with E-state index in [1.165, 1.54) is 45.5 Å². The summed E-state index contributed by atoms with van der Waals surface area (Å²) in [5.41, 5.74) is 0.254. The molecule has 0 saturated heterocycles. The SMILES string of the molecule is COC(=O)c1ccccc1N(C)S(=O)(=O)c1ccc(OC)c(Cl)c1Cl. The van der Waals surface area contributed by atoms with Crippen LogP contribution in [0, 0.1) is 0 Å². The molecular formula is C16H15Cl2NO5S. The Hall–Kier alpha value is -1.96. The van der Waals surface area contributed by atoms with Crippen molar-refractivity contribution in [2.75, 3.05) is 25.6 Å². The molecule has 6 nitrogen and oxygen atoms in total. The van der Waals surface area contributed by atoms with Gasteiger partial charge < -0.3 is 9.47 Å². The molecule has 0 bridgehead atoms. The number of hydrogen-bond acceptors (Lipinski definition) is 5. The predicted octanol–water partition coefficient (Wildman–Crippen LogP) is 3.61. The van der Waals surface area contributed by atoms with E-state index in [1.807, 2.05) is 0 Å². The van der Waals surface area contributed by atoms with Crippen LogP contribution in [0.2, 0.25) is 10.0 Å².